The van der Waals surface area contributed by atoms with Gasteiger partial charge in [0.25, 0.3) is 5.91 Å². The van der Waals surface area contributed by atoms with Crippen molar-refractivity contribution >= 4 is 23.5 Å². The Bertz CT molecular complexity index is 469. The summed E-state index contributed by atoms with van der Waals surface area (Å²) in [5, 5.41) is 6.38. The first-order valence-corrected chi connectivity index (χ1v) is 7.59. The molecule has 2 rings (SSSR count). The summed E-state index contributed by atoms with van der Waals surface area (Å²) in [5.74, 6) is -0.362. The van der Waals surface area contributed by atoms with E-state index in [-0.39, 0.29) is 17.5 Å². The number of nitrogens with one attached hydrogen (secondary N) is 2. The molecular weight excluding hydrogens is 265 g/mol. The van der Waals surface area contributed by atoms with Crippen molar-refractivity contribution in [3.05, 3.63) is 23.6 Å². The van der Waals surface area contributed by atoms with E-state index in [4.69, 9.17) is 0 Å². The third-order valence-corrected chi connectivity index (χ3v) is 4.48. The van der Waals surface area contributed by atoms with Crippen molar-refractivity contribution in [2.75, 3.05) is 18.6 Å². The van der Waals surface area contributed by atoms with Crippen LogP contribution in [-0.4, -0.2) is 35.5 Å². The number of hydrogen-bond acceptors (Lipinski definition) is 4. The van der Waals surface area contributed by atoms with Gasteiger partial charge >= 0.3 is 0 Å². The van der Waals surface area contributed by atoms with Crippen LogP contribution >= 0.6 is 11.8 Å². The van der Waals surface area contributed by atoms with Crippen LogP contribution in [0.4, 0.5) is 10.2 Å². The fraction of sp³-hybridized carbons (Fsp3) is 0.538. The molecule has 1 saturated carbocycles. The normalized spacial score (nSPS) is 22.3. The molecule has 0 saturated heterocycles. The zero-order valence-corrected chi connectivity index (χ0v) is 11.9. The van der Waals surface area contributed by atoms with Crippen molar-refractivity contribution in [2.24, 2.45) is 0 Å². The van der Waals surface area contributed by atoms with E-state index in [0.717, 1.165) is 25.5 Å². The van der Waals surface area contributed by atoms with Crippen LogP contribution in [0.15, 0.2) is 12.3 Å². The largest absolute Gasteiger partial charge is 0.372 e. The van der Waals surface area contributed by atoms with E-state index in [1.165, 1.54) is 6.07 Å². The molecule has 0 spiro atoms. The van der Waals surface area contributed by atoms with Gasteiger partial charge in [-0.25, -0.2) is 9.37 Å². The predicted octanol–water partition coefficient (Wildman–Crippen LogP) is 2.28. The zero-order chi connectivity index (χ0) is 13.8. The molecule has 1 aliphatic carbocycles. The summed E-state index contributed by atoms with van der Waals surface area (Å²) in [4.78, 5) is 16.0. The highest BCUT2D eigenvalue weighted by atomic mass is 32.2. The van der Waals surface area contributed by atoms with Crippen LogP contribution in [0.25, 0.3) is 0 Å². The van der Waals surface area contributed by atoms with Gasteiger partial charge in [-0.05, 0) is 31.6 Å². The van der Waals surface area contributed by atoms with Crippen molar-refractivity contribution in [1.82, 2.24) is 10.3 Å². The average molecular weight is 283 g/mol. The molecule has 0 aromatic carbocycles. The van der Waals surface area contributed by atoms with Crippen LogP contribution in [0.2, 0.25) is 0 Å². The van der Waals surface area contributed by atoms with E-state index in [2.05, 4.69) is 21.9 Å². The van der Waals surface area contributed by atoms with Gasteiger partial charge in [0.05, 0.1) is 11.8 Å². The maximum Gasteiger partial charge on any atom is 0.255 e. The minimum atomic E-state index is -0.502. The van der Waals surface area contributed by atoms with E-state index < -0.39 is 5.82 Å². The van der Waals surface area contributed by atoms with E-state index >= 15 is 0 Å². The van der Waals surface area contributed by atoms with Gasteiger partial charge in [0.2, 0.25) is 0 Å². The van der Waals surface area contributed by atoms with Gasteiger partial charge in [-0.2, -0.15) is 11.8 Å². The van der Waals surface area contributed by atoms with Crippen LogP contribution in [-0.2, 0) is 0 Å². The fourth-order valence-corrected chi connectivity index (χ4v) is 3.16. The number of thioether (sulfide) groups is 1. The first-order chi connectivity index (χ1) is 9.13. The highest BCUT2D eigenvalue weighted by molar-refractivity contribution is 7.99. The molecule has 0 radical (unpaired) electrons. The van der Waals surface area contributed by atoms with Crippen molar-refractivity contribution in [2.45, 2.75) is 30.6 Å². The number of halogens is 1. The molecular formula is C13H18FN3OS. The van der Waals surface area contributed by atoms with E-state index in [9.17, 15) is 9.18 Å². The Hall–Kier alpha value is -1.30. The lowest BCUT2D eigenvalue weighted by Gasteiger charge is -2.14. The van der Waals surface area contributed by atoms with Gasteiger partial charge in [0.1, 0.15) is 11.6 Å². The molecule has 2 atom stereocenters. The van der Waals surface area contributed by atoms with Crippen LogP contribution in [0.1, 0.15) is 29.6 Å². The van der Waals surface area contributed by atoms with E-state index in [0.29, 0.717) is 11.1 Å². The molecule has 1 fully saturated rings. The number of pyridine rings is 1. The number of hydrogen-bond donors (Lipinski definition) is 2. The second kappa shape index (κ2) is 6.23. The molecule has 0 bridgehead atoms. The van der Waals surface area contributed by atoms with Crippen molar-refractivity contribution < 1.29 is 9.18 Å². The summed E-state index contributed by atoms with van der Waals surface area (Å²) in [7, 11) is 1.66. The molecule has 104 valence electrons. The Morgan fingerprint density at radius 1 is 1.53 bits per heavy atom. The molecule has 2 unspecified atom stereocenters. The summed E-state index contributed by atoms with van der Waals surface area (Å²) < 4.78 is 13.2. The minimum absolute atomic E-state index is 0.179. The Labute approximate surface area is 116 Å². The Morgan fingerprint density at radius 2 is 2.32 bits per heavy atom. The lowest BCUT2D eigenvalue weighted by Crippen LogP contribution is -2.33. The van der Waals surface area contributed by atoms with Crippen LogP contribution in [0.5, 0.6) is 0 Å². The molecule has 6 heteroatoms. The zero-order valence-electron chi connectivity index (χ0n) is 11.1. The summed E-state index contributed by atoms with van der Waals surface area (Å²) in [6.45, 7) is 0. The van der Waals surface area contributed by atoms with Crippen molar-refractivity contribution in [3.63, 3.8) is 0 Å². The van der Waals surface area contributed by atoms with Crippen LogP contribution < -0.4 is 10.6 Å². The molecule has 1 aliphatic rings. The highest BCUT2D eigenvalue weighted by Gasteiger charge is 2.26. The van der Waals surface area contributed by atoms with Gasteiger partial charge in [-0.3, -0.25) is 4.79 Å². The topological polar surface area (TPSA) is 54.0 Å². The molecule has 1 aromatic rings. The van der Waals surface area contributed by atoms with E-state index in [1.807, 2.05) is 11.8 Å². The smallest absolute Gasteiger partial charge is 0.255 e. The minimum Gasteiger partial charge on any atom is -0.372 e. The molecule has 19 heavy (non-hydrogen) atoms. The summed E-state index contributed by atoms with van der Waals surface area (Å²) in [5.41, 5.74) is 0.259. The van der Waals surface area contributed by atoms with Gasteiger partial charge < -0.3 is 10.6 Å². The first kappa shape index (κ1) is 14.1. The maximum atomic E-state index is 13.2. The second-order valence-corrected chi connectivity index (χ2v) is 5.78. The van der Waals surface area contributed by atoms with Gasteiger partial charge in [0.15, 0.2) is 0 Å². The predicted molar refractivity (Wildman–Crippen MR) is 76.1 cm³/mol. The Kier molecular flexibility index (Phi) is 4.63. The van der Waals surface area contributed by atoms with Crippen LogP contribution in [0, 0.1) is 5.82 Å². The molecule has 1 aromatic heterocycles. The standard InChI is InChI=1S/C13H18FN3OS/c1-15-12-11(5-8(14)7-16-12)13(18)17-9-3-4-10(6-9)19-2/h5,7,9-10H,3-4,6H2,1-2H3,(H,15,16)(H,17,18). The van der Waals surface area contributed by atoms with Gasteiger partial charge in [0, 0.05) is 18.3 Å². The fourth-order valence-electron chi connectivity index (χ4n) is 2.36. The molecule has 1 amide bonds. The highest BCUT2D eigenvalue weighted by Crippen LogP contribution is 2.28. The van der Waals surface area contributed by atoms with Crippen LogP contribution in [0.3, 0.4) is 0 Å². The Morgan fingerprint density at radius 3 is 2.95 bits per heavy atom. The number of anilines is 1. The van der Waals surface area contributed by atoms with E-state index in [1.54, 1.807) is 7.05 Å². The third-order valence-electron chi connectivity index (χ3n) is 3.39. The van der Waals surface area contributed by atoms with Crippen molar-refractivity contribution in [3.8, 4) is 0 Å². The number of aromatic nitrogens is 1. The summed E-state index contributed by atoms with van der Waals surface area (Å²) >= 11 is 1.83. The number of nitrogens with zero attached hydrogens (tertiary/aromatic N) is 1. The number of amides is 1. The number of carbonyl (C=O) groups is 1. The number of carbonyl (C=O) groups excluding carboxylic acids is 1. The third kappa shape index (κ3) is 3.37. The molecule has 0 aliphatic heterocycles. The Balaban J connectivity index is 2.06. The maximum absolute atomic E-state index is 13.2. The number of rotatable bonds is 4. The van der Waals surface area contributed by atoms with Crippen molar-refractivity contribution in [1.29, 1.82) is 0 Å². The monoisotopic (exact) mass is 283 g/mol. The molecule has 4 nitrogen and oxygen atoms in total. The first-order valence-electron chi connectivity index (χ1n) is 6.31. The quantitative estimate of drug-likeness (QED) is 0.890. The summed E-state index contributed by atoms with van der Waals surface area (Å²) in [6, 6.07) is 1.40. The second-order valence-electron chi connectivity index (χ2n) is 4.64. The average Bonchev–Trinajstić information content (AvgIpc) is 2.86. The summed E-state index contributed by atoms with van der Waals surface area (Å²) in [6.07, 6.45) is 6.26. The van der Waals surface area contributed by atoms with Gasteiger partial charge in [-0.15, -0.1) is 0 Å². The lowest BCUT2D eigenvalue weighted by molar-refractivity contribution is 0.0938. The van der Waals surface area contributed by atoms with Gasteiger partial charge in [-0.1, -0.05) is 0 Å². The lowest BCUT2D eigenvalue weighted by atomic mass is 10.2. The molecule has 1 heterocycles. The SMILES string of the molecule is CNc1ncc(F)cc1C(=O)NC1CCC(SC)C1. The molecule has 2 N–H and O–H groups in total.